The van der Waals surface area contributed by atoms with Crippen molar-refractivity contribution in [1.29, 1.82) is 0 Å². The van der Waals surface area contributed by atoms with Gasteiger partial charge in [0, 0.05) is 12.1 Å². The Balaban J connectivity index is 2.23. The van der Waals surface area contributed by atoms with Crippen molar-refractivity contribution in [2.45, 2.75) is 0 Å². The maximum atomic E-state index is 10.5. The molecule has 0 aliphatic rings. The highest BCUT2D eigenvalue weighted by molar-refractivity contribution is 6.37. The van der Waals surface area contributed by atoms with Gasteiger partial charge >= 0.3 is 0 Å². The molecule has 20 heavy (non-hydrogen) atoms. The zero-order valence-corrected chi connectivity index (χ0v) is 11.3. The lowest BCUT2D eigenvalue weighted by Crippen LogP contribution is -1.85. The number of nitro groups is 1. The lowest BCUT2D eigenvalue weighted by Gasteiger charge is -2.00. The first-order valence-electron chi connectivity index (χ1n) is 5.31. The van der Waals surface area contributed by atoms with Gasteiger partial charge in [-0.05, 0) is 24.3 Å². The predicted octanol–water partition coefficient (Wildman–Crippen LogP) is 5.02. The van der Waals surface area contributed by atoms with Crippen molar-refractivity contribution in [2.24, 2.45) is 10.2 Å². The number of aromatic hydroxyl groups is 1. The van der Waals surface area contributed by atoms with Gasteiger partial charge in [0.25, 0.3) is 5.69 Å². The van der Waals surface area contributed by atoms with Crippen LogP contribution < -0.4 is 0 Å². The Morgan fingerprint density at radius 2 is 1.50 bits per heavy atom. The van der Waals surface area contributed by atoms with Crippen molar-refractivity contribution in [3.05, 3.63) is 56.6 Å². The van der Waals surface area contributed by atoms with E-state index in [1.165, 1.54) is 36.4 Å². The van der Waals surface area contributed by atoms with E-state index in [-0.39, 0.29) is 21.5 Å². The summed E-state index contributed by atoms with van der Waals surface area (Å²) in [7, 11) is 0. The van der Waals surface area contributed by atoms with Crippen molar-refractivity contribution in [3.8, 4) is 5.75 Å². The minimum Gasteiger partial charge on any atom is -0.505 e. The Morgan fingerprint density at radius 3 is 2.00 bits per heavy atom. The molecule has 0 unspecified atom stereocenters. The van der Waals surface area contributed by atoms with Crippen LogP contribution in [0.3, 0.4) is 0 Å². The molecular formula is C12H7Cl2N3O3. The molecule has 102 valence electrons. The first-order valence-corrected chi connectivity index (χ1v) is 6.07. The standard InChI is InChI=1S/C12H7Cl2N3O3/c13-10-5-8(6-11(14)12(10)18)16-15-7-1-3-9(4-2-7)17(19)20/h1-6,18H. The maximum Gasteiger partial charge on any atom is 0.269 e. The molecule has 0 fully saturated rings. The largest absolute Gasteiger partial charge is 0.505 e. The minimum absolute atomic E-state index is 0.0281. The van der Waals surface area contributed by atoms with Crippen LogP contribution in [-0.4, -0.2) is 10.0 Å². The summed E-state index contributed by atoms with van der Waals surface area (Å²) in [5, 5.41) is 27.8. The summed E-state index contributed by atoms with van der Waals surface area (Å²) in [5.74, 6) is -0.220. The van der Waals surface area contributed by atoms with Gasteiger partial charge < -0.3 is 5.11 Å². The lowest BCUT2D eigenvalue weighted by atomic mass is 10.3. The zero-order chi connectivity index (χ0) is 14.7. The summed E-state index contributed by atoms with van der Waals surface area (Å²) in [6.45, 7) is 0. The summed E-state index contributed by atoms with van der Waals surface area (Å²) in [6, 6.07) is 8.38. The Morgan fingerprint density at radius 1 is 1.00 bits per heavy atom. The van der Waals surface area contributed by atoms with Gasteiger partial charge in [-0.25, -0.2) is 0 Å². The monoisotopic (exact) mass is 311 g/mol. The van der Waals surface area contributed by atoms with E-state index in [0.717, 1.165) is 0 Å². The second-order valence-corrected chi connectivity index (χ2v) is 4.55. The van der Waals surface area contributed by atoms with Gasteiger partial charge in [0.05, 0.1) is 26.3 Å². The Labute approximate surface area is 123 Å². The van der Waals surface area contributed by atoms with E-state index < -0.39 is 4.92 Å². The number of hydrogen-bond donors (Lipinski definition) is 1. The van der Waals surface area contributed by atoms with Crippen molar-refractivity contribution in [3.63, 3.8) is 0 Å². The lowest BCUT2D eigenvalue weighted by molar-refractivity contribution is -0.384. The zero-order valence-electron chi connectivity index (χ0n) is 9.83. The summed E-state index contributed by atoms with van der Waals surface area (Å²) in [6.07, 6.45) is 0. The third-order valence-electron chi connectivity index (χ3n) is 2.34. The number of non-ortho nitro benzene ring substituents is 1. The van der Waals surface area contributed by atoms with Crippen LogP contribution in [0.5, 0.6) is 5.75 Å². The number of hydrogen-bond acceptors (Lipinski definition) is 5. The molecular weight excluding hydrogens is 305 g/mol. The van der Waals surface area contributed by atoms with Crippen LogP contribution in [0.2, 0.25) is 10.0 Å². The van der Waals surface area contributed by atoms with Gasteiger partial charge in [-0.15, -0.1) is 0 Å². The molecule has 0 atom stereocenters. The number of azo groups is 1. The first-order chi connectivity index (χ1) is 9.47. The number of nitrogens with zero attached hydrogens (tertiary/aromatic N) is 3. The molecule has 6 nitrogen and oxygen atoms in total. The molecule has 2 aromatic carbocycles. The highest BCUT2D eigenvalue weighted by atomic mass is 35.5. The average molecular weight is 312 g/mol. The molecule has 2 aromatic rings. The van der Waals surface area contributed by atoms with E-state index in [0.29, 0.717) is 11.4 Å². The van der Waals surface area contributed by atoms with Crippen molar-refractivity contribution in [2.75, 3.05) is 0 Å². The van der Waals surface area contributed by atoms with E-state index in [4.69, 9.17) is 23.2 Å². The van der Waals surface area contributed by atoms with Crippen molar-refractivity contribution in [1.82, 2.24) is 0 Å². The van der Waals surface area contributed by atoms with Gasteiger partial charge in [-0.2, -0.15) is 10.2 Å². The van der Waals surface area contributed by atoms with Crippen molar-refractivity contribution < 1.29 is 10.0 Å². The molecule has 0 radical (unpaired) electrons. The quantitative estimate of drug-likeness (QED) is 0.490. The van der Waals surface area contributed by atoms with Crippen LogP contribution in [0.25, 0.3) is 0 Å². The highest BCUT2D eigenvalue weighted by Gasteiger charge is 2.06. The molecule has 0 saturated heterocycles. The van der Waals surface area contributed by atoms with Crippen LogP contribution in [0.4, 0.5) is 17.1 Å². The Bertz CT molecular complexity index is 664. The van der Waals surface area contributed by atoms with E-state index in [1.54, 1.807) is 0 Å². The second kappa shape index (κ2) is 5.85. The van der Waals surface area contributed by atoms with Crippen molar-refractivity contribution >= 4 is 40.3 Å². The number of rotatable bonds is 3. The Hall–Kier alpha value is -2.18. The fraction of sp³-hybridized carbons (Fsp3) is 0. The molecule has 8 heteroatoms. The van der Waals surface area contributed by atoms with Gasteiger partial charge in [-0.1, -0.05) is 23.2 Å². The highest BCUT2D eigenvalue weighted by Crippen LogP contribution is 2.36. The number of benzene rings is 2. The van der Waals surface area contributed by atoms with E-state index in [2.05, 4.69) is 10.2 Å². The molecule has 0 aromatic heterocycles. The van der Waals surface area contributed by atoms with Gasteiger partial charge in [0.2, 0.25) is 0 Å². The van der Waals surface area contributed by atoms with E-state index >= 15 is 0 Å². The van der Waals surface area contributed by atoms with Gasteiger partial charge in [-0.3, -0.25) is 10.1 Å². The number of halogens is 2. The SMILES string of the molecule is O=[N+]([O-])c1ccc(N=Nc2cc(Cl)c(O)c(Cl)c2)cc1. The third kappa shape index (κ3) is 3.23. The maximum absolute atomic E-state index is 10.5. The third-order valence-corrected chi connectivity index (χ3v) is 2.92. The molecule has 0 bridgehead atoms. The number of nitro benzene ring substituents is 1. The topological polar surface area (TPSA) is 88.1 Å². The molecule has 2 rings (SSSR count). The second-order valence-electron chi connectivity index (χ2n) is 3.73. The van der Waals surface area contributed by atoms with Gasteiger partial charge in [0.1, 0.15) is 0 Å². The van der Waals surface area contributed by atoms with Crippen LogP contribution in [0.1, 0.15) is 0 Å². The fourth-order valence-corrected chi connectivity index (χ4v) is 1.84. The van der Waals surface area contributed by atoms with E-state index in [1.807, 2.05) is 0 Å². The smallest absolute Gasteiger partial charge is 0.269 e. The minimum atomic E-state index is -0.500. The molecule has 0 aliphatic carbocycles. The summed E-state index contributed by atoms with van der Waals surface area (Å²) in [5.41, 5.74) is 0.770. The molecule has 0 saturated carbocycles. The van der Waals surface area contributed by atoms with Crippen LogP contribution in [0.15, 0.2) is 46.6 Å². The summed E-state index contributed by atoms with van der Waals surface area (Å²) >= 11 is 11.5. The van der Waals surface area contributed by atoms with Crippen LogP contribution in [-0.2, 0) is 0 Å². The Kier molecular flexibility index (Phi) is 4.16. The summed E-state index contributed by atoms with van der Waals surface area (Å²) < 4.78 is 0. The van der Waals surface area contributed by atoms with E-state index in [9.17, 15) is 15.2 Å². The summed E-state index contributed by atoms with van der Waals surface area (Å²) in [4.78, 5) is 10.00. The first kappa shape index (κ1) is 14.2. The number of phenolic OH excluding ortho intramolecular Hbond substituents is 1. The van der Waals surface area contributed by atoms with Gasteiger partial charge in [0.15, 0.2) is 5.75 Å². The molecule has 0 aliphatic heterocycles. The van der Waals surface area contributed by atoms with Crippen LogP contribution in [0, 0.1) is 10.1 Å². The predicted molar refractivity (Wildman–Crippen MR) is 75.4 cm³/mol. The average Bonchev–Trinajstić information content (AvgIpc) is 2.42. The van der Waals surface area contributed by atoms with Crippen LogP contribution >= 0.6 is 23.2 Å². The molecule has 0 spiro atoms. The fourth-order valence-electron chi connectivity index (χ4n) is 1.37. The molecule has 1 N–H and O–H groups in total. The number of phenols is 1. The normalized spacial score (nSPS) is 10.9. The molecule has 0 amide bonds. The molecule has 0 heterocycles.